The first-order valence-electron chi connectivity index (χ1n) is 17.1. The van der Waals surface area contributed by atoms with Gasteiger partial charge in [-0.15, -0.1) is 0 Å². The molecular weight excluding hydrogens is 586 g/mol. The van der Waals surface area contributed by atoms with Gasteiger partial charge in [-0.25, -0.2) is 0 Å². The van der Waals surface area contributed by atoms with Crippen molar-refractivity contribution in [3.63, 3.8) is 0 Å². The molecule has 3 aromatic rings. The zero-order valence-corrected chi connectivity index (χ0v) is 28.2. The third kappa shape index (κ3) is 8.87. The zero-order chi connectivity index (χ0) is 33.4. The van der Waals surface area contributed by atoms with Crippen LogP contribution in [0.2, 0.25) is 0 Å². The third-order valence-corrected chi connectivity index (χ3v) is 10.3. The lowest BCUT2D eigenvalue weighted by atomic mass is 9.75. The summed E-state index contributed by atoms with van der Waals surface area (Å²) in [5.74, 6) is -0.717. The van der Waals surface area contributed by atoms with Gasteiger partial charge in [0.05, 0.1) is 0 Å². The lowest BCUT2D eigenvalue weighted by molar-refractivity contribution is -0.146. The third-order valence-electron chi connectivity index (χ3n) is 10.3. The maximum Gasteiger partial charge on any atom is 0.246 e. The Labute approximate surface area is 280 Å². The van der Waals surface area contributed by atoms with Crippen molar-refractivity contribution in [1.29, 1.82) is 0 Å². The molecule has 1 heterocycles. The predicted molar refractivity (Wildman–Crippen MR) is 189 cm³/mol. The van der Waals surface area contributed by atoms with E-state index >= 15 is 0 Å². The van der Waals surface area contributed by atoms with Gasteiger partial charge in [0.25, 0.3) is 0 Å². The Bertz CT molecular complexity index is 1550. The van der Waals surface area contributed by atoms with Gasteiger partial charge in [-0.2, -0.15) is 0 Å². The smallest absolute Gasteiger partial charge is 0.246 e. The number of likely N-dealkylation sites (N-methyl/N-ethyl adjacent to an activating group) is 2. The van der Waals surface area contributed by atoms with Crippen LogP contribution in [0.4, 0.5) is 0 Å². The van der Waals surface area contributed by atoms with E-state index in [-0.39, 0.29) is 23.3 Å². The van der Waals surface area contributed by atoms with E-state index in [2.05, 4.69) is 29.4 Å². The predicted octanol–water partition coefficient (Wildman–Crippen LogP) is 4.71. The lowest BCUT2D eigenvalue weighted by Crippen LogP contribution is -2.56. The van der Waals surface area contributed by atoms with Crippen molar-refractivity contribution in [3.05, 3.63) is 96.1 Å². The summed E-state index contributed by atoms with van der Waals surface area (Å²) >= 11 is 0. The fourth-order valence-electron chi connectivity index (χ4n) is 6.93. The van der Waals surface area contributed by atoms with Crippen molar-refractivity contribution in [2.24, 2.45) is 5.73 Å². The Kier molecular flexibility index (Phi) is 11.5. The molecule has 8 nitrogen and oxygen atoms in total. The second-order valence-electron chi connectivity index (χ2n) is 13.7. The maximum atomic E-state index is 14.5. The highest BCUT2D eigenvalue weighted by atomic mass is 16.2. The largest absolute Gasteiger partial charge is 0.354 e. The van der Waals surface area contributed by atoms with Gasteiger partial charge in [0, 0.05) is 45.1 Å². The van der Waals surface area contributed by atoms with E-state index in [4.69, 9.17) is 5.73 Å². The number of nitrogens with two attached hydrogens (primary N) is 1. The van der Waals surface area contributed by atoms with Crippen molar-refractivity contribution in [2.45, 2.75) is 81.5 Å². The van der Waals surface area contributed by atoms with Gasteiger partial charge < -0.3 is 25.8 Å². The van der Waals surface area contributed by atoms with Crippen LogP contribution in [0.3, 0.4) is 0 Å². The molecule has 1 saturated carbocycles. The highest BCUT2D eigenvalue weighted by molar-refractivity contribution is 5.95. The minimum Gasteiger partial charge on any atom is -0.354 e. The number of carbonyl (C=O) groups is 3. The highest BCUT2D eigenvalue weighted by Crippen LogP contribution is 2.32. The second-order valence-corrected chi connectivity index (χ2v) is 13.7. The van der Waals surface area contributed by atoms with Crippen LogP contribution in [0, 0.1) is 0 Å². The van der Waals surface area contributed by atoms with Crippen molar-refractivity contribution in [1.82, 2.24) is 20.0 Å². The second kappa shape index (κ2) is 15.7. The van der Waals surface area contributed by atoms with E-state index in [1.807, 2.05) is 66.7 Å². The van der Waals surface area contributed by atoms with E-state index in [1.165, 1.54) is 11.3 Å². The molecule has 1 unspecified atom stereocenters. The molecule has 2 aliphatic rings. The molecule has 1 aliphatic carbocycles. The number of likely N-dealkylation sites (tertiary alicyclic amines) is 1. The van der Waals surface area contributed by atoms with Crippen LogP contribution in [0.1, 0.15) is 56.1 Å². The maximum absolute atomic E-state index is 14.5. The van der Waals surface area contributed by atoms with E-state index in [1.54, 1.807) is 25.1 Å². The molecule has 3 amide bonds. The number of carbonyl (C=O) groups excluding carboxylic acids is 3. The van der Waals surface area contributed by atoms with Crippen molar-refractivity contribution in [3.8, 4) is 0 Å². The van der Waals surface area contributed by atoms with Crippen molar-refractivity contribution < 1.29 is 14.4 Å². The van der Waals surface area contributed by atoms with E-state index in [0.717, 1.165) is 60.5 Å². The normalized spacial score (nSPS) is 18.9. The summed E-state index contributed by atoms with van der Waals surface area (Å²) in [5, 5.41) is 5.32. The first kappa shape index (κ1) is 34.3. The molecular formula is C39H51N5O3. The average molecular weight is 638 g/mol. The topological polar surface area (TPSA) is 99.0 Å². The molecule has 3 atom stereocenters. The number of nitrogens with zero attached hydrogens (tertiary/aromatic N) is 3. The summed E-state index contributed by atoms with van der Waals surface area (Å²) in [6, 6.07) is 22.9. The summed E-state index contributed by atoms with van der Waals surface area (Å²) in [4.78, 5) is 47.3. The first-order valence-corrected chi connectivity index (χ1v) is 17.1. The van der Waals surface area contributed by atoms with E-state index < -0.39 is 12.1 Å². The average Bonchev–Trinajstić information content (AvgIpc) is 3.48. The number of amides is 3. The standard InChI is InChI=1S/C39H51N5O3/c1-42-25-10-16-33(42)20-24-41-37(46)34(27-29-12-5-4-6-13-29)44(3)38(47)35(28-30-18-19-31-14-7-8-15-32(31)26-30)43(2)36(45)17-9-21-39(40)22-11-23-39/h4-9,12-15,17-19,26,33-35H,10-11,16,20-25,27-28,40H2,1-3H3,(H,41,46)/t33?,34-,35-/m1/s1. The molecule has 250 valence electrons. The molecule has 2 fully saturated rings. The number of benzene rings is 3. The Morgan fingerprint density at radius 1 is 0.915 bits per heavy atom. The summed E-state index contributed by atoms with van der Waals surface area (Å²) in [6.07, 6.45) is 10.9. The van der Waals surface area contributed by atoms with Gasteiger partial charge in [-0.05, 0) is 86.5 Å². The fourth-order valence-corrected chi connectivity index (χ4v) is 6.93. The number of fused-ring (bicyclic) bond motifs is 1. The monoisotopic (exact) mass is 637 g/mol. The van der Waals surface area contributed by atoms with Crippen LogP contribution in [-0.4, -0.2) is 90.3 Å². The lowest BCUT2D eigenvalue weighted by Gasteiger charge is -2.37. The van der Waals surface area contributed by atoms with Crippen LogP contribution in [0.5, 0.6) is 0 Å². The molecule has 47 heavy (non-hydrogen) atoms. The van der Waals surface area contributed by atoms with Gasteiger partial charge in [-0.1, -0.05) is 78.9 Å². The minimum atomic E-state index is -0.813. The summed E-state index contributed by atoms with van der Waals surface area (Å²) in [5.41, 5.74) is 8.06. The minimum absolute atomic E-state index is 0.183. The van der Waals surface area contributed by atoms with Crippen molar-refractivity contribution in [2.75, 3.05) is 34.2 Å². The Morgan fingerprint density at radius 3 is 2.30 bits per heavy atom. The van der Waals surface area contributed by atoms with Crippen LogP contribution in [-0.2, 0) is 27.2 Å². The van der Waals surface area contributed by atoms with Gasteiger partial charge in [0.15, 0.2) is 0 Å². The number of hydrogen-bond donors (Lipinski definition) is 2. The van der Waals surface area contributed by atoms with E-state index in [9.17, 15) is 14.4 Å². The SMILES string of the molecule is CN1CCCC1CCNC(=O)[C@@H](Cc1ccccc1)N(C)C(=O)[C@@H](Cc1ccc2ccccc2c1)N(C)C(=O)C=CCC1(N)CCC1. The molecule has 0 aromatic heterocycles. The fraction of sp³-hybridized carbons (Fsp3) is 0.462. The highest BCUT2D eigenvalue weighted by Gasteiger charge is 2.35. The molecule has 0 spiro atoms. The van der Waals surface area contributed by atoms with Crippen LogP contribution < -0.4 is 11.1 Å². The van der Waals surface area contributed by atoms with E-state index in [0.29, 0.717) is 31.8 Å². The van der Waals surface area contributed by atoms with Crippen LogP contribution in [0.15, 0.2) is 84.9 Å². The molecule has 0 radical (unpaired) electrons. The Morgan fingerprint density at radius 2 is 1.62 bits per heavy atom. The Hall–Kier alpha value is -4.01. The molecule has 5 rings (SSSR count). The number of nitrogens with one attached hydrogen (secondary N) is 1. The van der Waals surface area contributed by atoms with Crippen molar-refractivity contribution >= 4 is 28.5 Å². The molecule has 3 aromatic carbocycles. The molecule has 1 aliphatic heterocycles. The summed E-state index contributed by atoms with van der Waals surface area (Å²) in [6.45, 7) is 1.63. The van der Waals surface area contributed by atoms with Crippen LogP contribution >= 0.6 is 0 Å². The van der Waals surface area contributed by atoms with Gasteiger partial charge in [-0.3, -0.25) is 14.4 Å². The van der Waals surface area contributed by atoms with Gasteiger partial charge in [0.2, 0.25) is 17.7 Å². The van der Waals surface area contributed by atoms with Gasteiger partial charge >= 0.3 is 0 Å². The molecule has 1 saturated heterocycles. The summed E-state index contributed by atoms with van der Waals surface area (Å²) < 4.78 is 0. The Balaban J connectivity index is 1.37. The molecule has 8 heteroatoms. The molecule has 3 N–H and O–H groups in total. The number of hydrogen-bond acceptors (Lipinski definition) is 5. The number of rotatable bonds is 14. The van der Waals surface area contributed by atoms with Gasteiger partial charge in [0.1, 0.15) is 12.1 Å². The summed E-state index contributed by atoms with van der Waals surface area (Å²) in [7, 11) is 5.50. The zero-order valence-electron chi connectivity index (χ0n) is 28.2. The van der Waals surface area contributed by atoms with Crippen LogP contribution in [0.25, 0.3) is 10.8 Å². The quantitative estimate of drug-likeness (QED) is 0.250. The molecule has 0 bridgehead atoms. The first-order chi connectivity index (χ1) is 22.6.